The fourth-order valence-corrected chi connectivity index (χ4v) is 3.64. The largest absolute Gasteiger partial charge is 0.462 e. The Labute approximate surface area is 171 Å². The first kappa shape index (κ1) is 23.3. The van der Waals surface area contributed by atoms with Gasteiger partial charge in [0.25, 0.3) is 11.8 Å². The van der Waals surface area contributed by atoms with E-state index < -0.39 is 52.4 Å². The van der Waals surface area contributed by atoms with E-state index in [0.717, 1.165) is 0 Å². The van der Waals surface area contributed by atoms with Crippen molar-refractivity contribution in [1.29, 1.82) is 0 Å². The zero-order chi connectivity index (χ0) is 22.9. The van der Waals surface area contributed by atoms with Crippen molar-refractivity contribution < 1.29 is 41.1 Å². The Hall–Kier alpha value is -3.02. The maximum atomic E-state index is 13.9. The summed E-state index contributed by atoms with van der Waals surface area (Å²) in [6.07, 6.45) is 0. The van der Waals surface area contributed by atoms with E-state index in [2.05, 4.69) is 0 Å². The smallest absolute Gasteiger partial charge is 0.341 e. The topological polar surface area (TPSA) is 75.7 Å². The van der Waals surface area contributed by atoms with Crippen LogP contribution in [0.1, 0.15) is 42.9 Å². The summed E-state index contributed by atoms with van der Waals surface area (Å²) in [5.74, 6) is -14.9. The number of nitrogens with one attached hydrogen (secondary N) is 1. The van der Waals surface area contributed by atoms with E-state index in [9.17, 15) is 36.3 Å². The van der Waals surface area contributed by atoms with Crippen LogP contribution < -0.4 is 5.32 Å². The summed E-state index contributed by atoms with van der Waals surface area (Å²) in [6.45, 7) is 2.82. The number of halogens is 5. The lowest BCUT2D eigenvalue weighted by Gasteiger charge is -2.10. The molecular formula is C18H15F5N2O4S. The van der Waals surface area contributed by atoms with Crippen LogP contribution in [0.4, 0.5) is 27.0 Å². The molecule has 1 heterocycles. The minimum atomic E-state index is -2.42. The van der Waals surface area contributed by atoms with Gasteiger partial charge in [0.15, 0.2) is 23.3 Å². The van der Waals surface area contributed by atoms with Crippen LogP contribution in [0.25, 0.3) is 0 Å². The van der Waals surface area contributed by atoms with Crippen LogP contribution in [0.15, 0.2) is 0 Å². The Bertz CT molecular complexity index is 1020. The number of ether oxygens (including phenoxy) is 1. The number of hydrogen-bond acceptors (Lipinski definition) is 5. The SMILES string of the molecule is CCOC(=O)c1c(NC(=O)c2c(F)c(F)c(F)c(F)c2F)sc(C(=O)N(C)C)c1C. The molecule has 0 unspecified atom stereocenters. The number of amides is 2. The summed E-state index contributed by atoms with van der Waals surface area (Å²) in [6, 6.07) is 0. The summed E-state index contributed by atoms with van der Waals surface area (Å²) in [5.41, 5.74) is -1.89. The molecule has 6 nitrogen and oxygen atoms in total. The maximum absolute atomic E-state index is 13.9. The van der Waals surface area contributed by atoms with Crippen molar-refractivity contribution >= 4 is 34.1 Å². The number of rotatable bonds is 5. The minimum absolute atomic E-state index is 0.00997. The van der Waals surface area contributed by atoms with Gasteiger partial charge in [0.1, 0.15) is 10.6 Å². The van der Waals surface area contributed by atoms with Crippen LogP contribution in [0.5, 0.6) is 0 Å². The number of nitrogens with zero attached hydrogens (tertiary/aromatic N) is 1. The zero-order valence-electron chi connectivity index (χ0n) is 16.1. The summed E-state index contributed by atoms with van der Waals surface area (Å²) in [4.78, 5) is 38.1. The number of esters is 1. The molecule has 0 aliphatic rings. The number of benzene rings is 1. The van der Waals surface area contributed by atoms with Gasteiger partial charge in [-0.15, -0.1) is 11.3 Å². The molecule has 30 heavy (non-hydrogen) atoms. The third-order valence-corrected chi connectivity index (χ3v) is 5.09. The lowest BCUT2D eigenvalue weighted by Crippen LogP contribution is -2.21. The van der Waals surface area contributed by atoms with Crippen molar-refractivity contribution in [3.8, 4) is 0 Å². The lowest BCUT2D eigenvalue weighted by atomic mass is 10.1. The van der Waals surface area contributed by atoms with Gasteiger partial charge in [-0.05, 0) is 19.4 Å². The molecule has 162 valence electrons. The standard InChI is InChI=1S/C18H15F5N2O4S/c1-5-29-18(28)7-6(2)14(17(27)25(3)4)30-16(7)24-15(26)8-9(19)11(21)13(23)12(22)10(8)20/h5H2,1-4H3,(H,24,26). The average molecular weight is 450 g/mol. The Balaban J connectivity index is 2.60. The fourth-order valence-electron chi connectivity index (χ4n) is 2.43. The van der Waals surface area contributed by atoms with Crippen molar-refractivity contribution in [2.45, 2.75) is 13.8 Å². The van der Waals surface area contributed by atoms with E-state index in [1.54, 1.807) is 0 Å². The molecule has 0 radical (unpaired) electrons. The number of thiophene rings is 1. The monoisotopic (exact) mass is 450 g/mol. The molecule has 0 aliphatic heterocycles. The molecule has 0 bridgehead atoms. The van der Waals surface area contributed by atoms with Crippen molar-refractivity contribution in [2.24, 2.45) is 0 Å². The molecule has 1 aromatic carbocycles. The Kier molecular flexibility index (Phi) is 6.80. The highest BCUT2D eigenvalue weighted by atomic mass is 32.1. The van der Waals surface area contributed by atoms with Gasteiger partial charge in [-0.2, -0.15) is 0 Å². The molecule has 2 aromatic rings. The number of anilines is 1. The molecule has 1 aromatic heterocycles. The van der Waals surface area contributed by atoms with Gasteiger partial charge in [0, 0.05) is 14.1 Å². The van der Waals surface area contributed by atoms with Crippen LogP contribution in [0, 0.1) is 36.0 Å². The summed E-state index contributed by atoms with van der Waals surface area (Å²) in [5, 5.41) is 1.61. The van der Waals surface area contributed by atoms with Gasteiger partial charge in [0.2, 0.25) is 5.82 Å². The molecule has 0 atom stereocenters. The maximum Gasteiger partial charge on any atom is 0.341 e. The predicted octanol–water partition coefficient (Wildman–Crippen LogP) is 3.88. The summed E-state index contributed by atoms with van der Waals surface area (Å²) >= 11 is 0.593. The van der Waals surface area contributed by atoms with Crippen molar-refractivity contribution in [1.82, 2.24) is 4.90 Å². The van der Waals surface area contributed by atoms with Crippen LogP contribution in [0.3, 0.4) is 0 Å². The Morgan fingerprint density at radius 3 is 1.90 bits per heavy atom. The molecule has 1 N–H and O–H groups in total. The first-order valence-corrected chi connectivity index (χ1v) is 9.10. The normalized spacial score (nSPS) is 10.7. The second-order valence-corrected chi connectivity index (χ2v) is 7.10. The average Bonchev–Trinajstić information content (AvgIpc) is 3.00. The number of carbonyl (C=O) groups is 3. The van der Waals surface area contributed by atoms with E-state index in [0.29, 0.717) is 11.3 Å². The third kappa shape index (κ3) is 3.99. The Morgan fingerprint density at radius 1 is 0.933 bits per heavy atom. The molecule has 0 spiro atoms. The highest BCUT2D eigenvalue weighted by Crippen LogP contribution is 2.35. The first-order chi connectivity index (χ1) is 13.9. The highest BCUT2D eigenvalue weighted by Gasteiger charge is 2.32. The molecular weight excluding hydrogens is 435 g/mol. The van der Waals surface area contributed by atoms with Gasteiger partial charge in [-0.3, -0.25) is 9.59 Å². The molecule has 0 aliphatic carbocycles. The van der Waals surface area contributed by atoms with E-state index in [-0.39, 0.29) is 27.6 Å². The van der Waals surface area contributed by atoms with E-state index in [4.69, 9.17) is 4.74 Å². The lowest BCUT2D eigenvalue weighted by molar-refractivity contribution is 0.0527. The fraction of sp³-hybridized carbons (Fsp3) is 0.278. The van der Waals surface area contributed by atoms with Gasteiger partial charge in [0.05, 0.1) is 17.0 Å². The zero-order valence-corrected chi connectivity index (χ0v) is 16.9. The van der Waals surface area contributed by atoms with E-state index in [1.165, 1.54) is 32.8 Å². The van der Waals surface area contributed by atoms with E-state index >= 15 is 0 Å². The van der Waals surface area contributed by atoms with Crippen LogP contribution >= 0.6 is 11.3 Å². The second kappa shape index (κ2) is 8.78. The molecule has 12 heteroatoms. The van der Waals surface area contributed by atoms with Gasteiger partial charge in [-0.1, -0.05) is 0 Å². The van der Waals surface area contributed by atoms with Gasteiger partial charge in [-0.25, -0.2) is 26.7 Å². The number of hydrogen-bond donors (Lipinski definition) is 1. The molecule has 2 amide bonds. The molecule has 0 saturated carbocycles. The first-order valence-electron chi connectivity index (χ1n) is 8.28. The number of carbonyl (C=O) groups excluding carboxylic acids is 3. The predicted molar refractivity (Wildman–Crippen MR) is 97.2 cm³/mol. The van der Waals surface area contributed by atoms with Crippen LogP contribution in [-0.4, -0.2) is 43.4 Å². The third-order valence-electron chi connectivity index (χ3n) is 3.89. The molecule has 0 saturated heterocycles. The van der Waals surface area contributed by atoms with Crippen molar-refractivity contribution in [3.63, 3.8) is 0 Å². The van der Waals surface area contributed by atoms with Crippen LogP contribution in [0.2, 0.25) is 0 Å². The van der Waals surface area contributed by atoms with Gasteiger partial charge >= 0.3 is 5.97 Å². The summed E-state index contributed by atoms with van der Waals surface area (Å²) < 4.78 is 72.7. The second-order valence-electron chi connectivity index (χ2n) is 6.08. The highest BCUT2D eigenvalue weighted by molar-refractivity contribution is 7.18. The summed E-state index contributed by atoms with van der Waals surface area (Å²) in [7, 11) is 2.86. The Morgan fingerprint density at radius 2 is 1.43 bits per heavy atom. The van der Waals surface area contributed by atoms with E-state index in [1.807, 2.05) is 5.32 Å². The van der Waals surface area contributed by atoms with Crippen molar-refractivity contribution in [3.05, 3.63) is 50.7 Å². The molecule has 2 rings (SSSR count). The quantitative estimate of drug-likeness (QED) is 0.325. The molecule has 0 fully saturated rings. The van der Waals surface area contributed by atoms with Gasteiger partial charge < -0.3 is 15.0 Å². The van der Waals surface area contributed by atoms with Crippen molar-refractivity contribution in [2.75, 3.05) is 26.0 Å². The minimum Gasteiger partial charge on any atom is -0.462 e. The van der Waals surface area contributed by atoms with Crippen LogP contribution in [-0.2, 0) is 4.74 Å².